The highest BCUT2D eigenvalue weighted by Crippen LogP contribution is 2.19. The molecule has 0 spiro atoms. The minimum atomic E-state index is -1.70. The third-order valence-corrected chi connectivity index (χ3v) is 3.52. The minimum Gasteiger partial charge on any atom is -0.465 e. The van der Waals surface area contributed by atoms with Crippen LogP contribution in [0, 0.1) is 11.5 Å². The number of ether oxygens (including phenoxy) is 2. The summed E-state index contributed by atoms with van der Waals surface area (Å²) in [4.78, 5) is 35.3. The Morgan fingerprint density at radius 3 is 2.17 bits per heavy atom. The molecule has 0 bridgehead atoms. The summed E-state index contributed by atoms with van der Waals surface area (Å²) < 4.78 is 9.29. The molecule has 0 fully saturated rings. The van der Waals surface area contributed by atoms with E-state index < -0.39 is 25.9 Å². The van der Waals surface area contributed by atoms with Crippen molar-refractivity contribution in [1.82, 2.24) is 0 Å². The molecule has 1 rings (SSSR count). The Kier molecular flexibility index (Phi) is 6.10. The largest absolute Gasteiger partial charge is 0.465 e. The Hall–Kier alpha value is -2.59. The van der Waals surface area contributed by atoms with Gasteiger partial charge >= 0.3 is 11.9 Å². The first-order valence-corrected chi connectivity index (χ1v) is 10.3. The molecule has 0 radical (unpaired) electrons. The lowest BCUT2D eigenvalue weighted by molar-refractivity contribution is -0.111. The van der Waals surface area contributed by atoms with E-state index in [1.54, 1.807) is 0 Å². The first-order valence-electron chi connectivity index (χ1n) is 6.83. The number of anilines is 1. The van der Waals surface area contributed by atoms with Crippen LogP contribution in [0.2, 0.25) is 19.6 Å². The van der Waals surface area contributed by atoms with E-state index in [9.17, 15) is 14.4 Å². The summed E-state index contributed by atoms with van der Waals surface area (Å²) in [7, 11) is 0.772. The number of carbonyl (C=O) groups is 3. The quantitative estimate of drug-likeness (QED) is 0.520. The Bertz CT molecular complexity index is 695. The molecule has 0 unspecified atom stereocenters. The highest BCUT2D eigenvalue weighted by molar-refractivity contribution is 6.84. The molecule has 122 valence electrons. The third-order valence-electron chi connectivity index (χ3n) is 2.65. The Morgan fingerprint density at radius 2 is 1.65 bits per heavy atom. The summed E-state index contributed by atoms with van der Waals surface area (Å²) in [6.45, 7) is 6.01. The minimum absolute atomic E-state index is 0.128. The summed E-state index contributed by atoms with van der Waals surface area (Å²) in [5.41, 5.74) is 3.40. The first-order chi connectivity index (χ1) is 10.7. The van der Waals surface area contributed by atoms with E-state index in [2.05, 4.69) is 26.3 Å². The molecule has 6 nitrogen and oxygen atoms in total. The predicted molar refractivity (Wildman–Crippen MR) is 88.9 cm³/mol. The summed E-state index contributed by atoms with van der Waals surface area (Å²) in [5, 5.41) is 2.52. The Morgan fingerprint density at radius 1 is 1.04 bits per heavy atom. The lowest BCUT2D eigenvalue weighted by Crippen LogP contribution is -2.19. The number of methoxy groups -OCH3 is 2. The van der Waals surface area contributed by atoms with Crippen LogP contribution in [0.5, 0.6) is 0 Å². The summed E-state index contributed by atoms with van der Waals surface area (Å²) in [6, 6.07) is 4.16. The Labute approximate surface area is 136 Å². The predicted octanol–water partition coefficient (Wildman–Crippen LogP) is 2.08. The average molecular weight is 333 g/mol. The molecule has 0 heterocycles. The molecule has 1 aromatic carbocycles. The molecular weight excluding hydrogens is 314 g/mol. The van der Waals surface area contributed by atoms with Gasteiger partial charge in [0.05, 0.1) is 31.0 Å². The van der Waals surface area contributed by atoms with Crippen LogP contribution in [0.3, 0.4) is 0 Å². The third kappa shape index (κ3) is 5.60. The van der Waals surface area contributed by atoms with Crippen LogP contribution in [0.25, 0.3) is 0 Å². The number of rotatable bonds is 3. The molecule has 1 aromatic rings. The van der Waals surface area contributed by atoms with E-state index in [1.165, 1.54) is 32.4 Å². The van der Waals surface area contributed by atoms with Crippen molar-refractivity contribution in [3.05, 3.63) is 29.3 Å². The maximum Gasteiger partial charge on any atom is 0.339 e. The van der Waals surface area contributed by atoms with Crippen molar-refractivity contribution in [2.24, 2.45) is 0 Å². The van der Waals surface area contributed by atoms with E-state index in [1.807, 2.05) is 19.6 Å². The van der Waals surface area contributed by atoms with Crippen molar-refractivity contribution < 1.29 is 23.9 Å². The fourth-order valence-corrected chi connectivity index (χ4v) is 2.07. The van der Waals surface area contributed by atoms with E-state index in [0.717, 1.165) is 0 Å². The zero-order valence-corrected chi connectivity index (χ0v) is 14.8. The van der Waals surface area contributed by atoms with Crippen molar-refractivity contribution in [2.45, 2.75) is 19.6 Å². The molecule has 0 saturated carbocycles. The molecule has 0 aromatic heterocycles. The molecule has 1 N–H and O–H groups in total. The second-order valence-corrected chi connectivity index (χ2v) is 10.4. The monoisotopic (exact) mass is 333 g/mol. The number of nitrogens with one attached hydrogen (secondary N) is 1. The van der Waals surface area contributed by atoms with Crippen molar-refractivity contribution in [2.75, 3.05) is 19.5 Å². The number of amides is 1. The van der Waals surface area contributed by atoms with Gasteiger partial charge in [0, 0.05) is 0 Å². The van der Waals surface area contributed by atoms with Crippen LogP contribution in [0.1, 0.15) is 20.7 Å². The van der Waals surface area contributed by atoms with E-state index in [-0.39, 0.29) is 16.8 Å². The van der Waals surface area contributed by atoms with Gasteiger partial charge in [-0.2, -0.15) is 0 Å². The maximum absolute atomic E-state index is 11.9. The molecular formula is C16H19NO5Si. The van der Waals surface area contributed by atoms with Gasteiger partial charge < -0.3 is 14.8 Å². The van der Waals surface area contributed by atoms with Gasteiger partial charge in [-0.05, 0) is 24.1 Å². The molecule has 23 heavy (non-hydrogen) atoms. The molecule has 0 aliphatic heterocycles. The van der Waals surface area contributed by atoms with Gasteiger partial charge in [0.2, 0.25) is 0 Å². The van der Waals surface area contributed by atoms with Crippen LogP contribution in [0.4, 0.5) is 5.69 Å². The summed E-state index contributed by atoms with van der Waals surface area (Å²) in [5.74, 6) is 0.747. The number of esters is 2. The van der Waals surface area contributed by atoms with E-state index >= 15 is 0 Å². The normalized spacial score (nSPS) is 10.1. The second kappa shape index (κ2) is 7.60. The average Bonchev–Trinajstić information content (AvgIpc) is 2.50. The number of carbonyl (C=O) groups excluding carboxylic acids is 3. The lowest BCUT2D eigenvalue weighted by atomic mass is 10.1. The molecule has 1 amide bonds. The van der Waals surface area contributed by atoms with Gasteiger partial charge in [-0.25, -0.2) is 9.59 Å². The van der Waals surface area contributed by atoms with Gasteiger partial charge in [-0.15, -0.1) is 5.54 Å². The SMILES string of the molecule is COC(=O)c1ccc(C(=O)OC)c(NC(=O)C#C[Si](C)(C)C)c1. The van der Waals surface area contributed by atoms with Crippen LogP contribution < -0.4 is 5.32 Å². The van der Waals surface area contributed by atoms with Crippen LogP contribution in [0.15, 0.2) is 18.2 Å². The zero-order chi connectivity index (χ0) is 17.6. The molecule has 0 aliphatic carbocycles. The van der Waals surface area contributed by atoms with Crippen molar-refractivity contribution in [1.29, 1.82) is 0 Å². The van der Waals surface area contributed by atoms with Crippen LogP contribution >= 0.6 is 0 Å². The molecule has 0 aliphatic rings. The smallest absolute Gasteiger partial charge is 0.339 e. The van der Waals surface area contributed by atoms with Crippen LogP contribution in [-0.2, 0) is 14.3 Å². The topological polar surface area (TPSA) is 81.7 Å². The lowest BCUT2D eigenvalue weighted by Gasteiger charge is -2.10. The fourth-order valence-electron chi connectivity index (χ4n) is 1.58. The van der Waals surface area contributed by atoms with Crippen LogP contribution in [-0.4, -0.2) is 40.1 Å². The Balaban J connectivity index is 3.19. The van der Waals surface area contributed by atoms with Gasteiger partial charge in [-0.1, -0.05) is 19.6 Å². The molecule has 7 heteroatoms. The summed E-state index contributed by atoms with van der Waals surface area (Å²) >= 11 is 0. The van der Waals surface area contributed by atoms with Gasteiger partial charge in [0.15, 0.2) is 0 Å². The highest BCUT2D eigenvalue weighted by atomic mass is 28.3. The van der Waals surface area contributed by atoms with E-state index in [0.29, 0.717) is 0 Å². The fraction of sp³-hybridized carbons (Fsp3) is 0.312. The molecule has 0 atom stereocenters. The van der Waals surface area contributed by atoms with Gasteiger partial charge in [-0.3, -0.25) is 4.79 Å². The van der Waals surface area contributed by atoms with Gasteiger partial charge in [0.1, 0.15) is 8.07 Å². The highest BCUT2D eigenvalue weighted by Gasteiger charge is 2.17. The standard InChI is InChI=1S/C16H19NO5Si/c1-21-15(19)11-6-7-12(16(20)22-2)13(10-11)17-14(18)8-9-23(3,4)5/h6-7,10H,1-5H3,(H,17,18). The second-order valence-electron chi connectivity index (χ2n) is 5.70. The zero-order valence-electron chi connectivity index (χ0n) is 13.8. The van der Waals surface area contributed by atoms with Gasteiger partial charge in [0.25, 0.3) is 5.91 Å². The number of hydrogen-bond donors (Lipinski definition) is 1. The number of benzene rings is 1. The first kappa shape index (κ1) is 18.5. The van der Waals surface area contributed by atoms with E-state index in [4.69, 9.17) is 0 Å². The number of hydrogen-bond acceptors (Lipinski definition) is 5. The van der Waals surface area contributed by atoms with Crippen molar-refractivity contribution in [3.8, 4) is 11.5 Å². The molecule has 0 saturated heterocycles. The van der Waals surface area contributed by atoms with Crippen molar-refractivity contribution in [3.63, 3.8) is 0 Å². The summed E-state index contributed by atoms with van der Waals surface area (Å²) in [6.07, 6.45) is 0. The van der Waals surface area contributed by atoms with Crippen molar-refractivity contribution >= 4 is 31.6 Å². The maximum atomic E-state index is 11.9.